The maximum atomic E-state index is 11.8. The summed E-state index contributed by atoms with van der Waals surface area (Å²) in [5.41, 5.74) is 3.72. The first kappa shape index (κ1) is 28.3. The van der Waals surface area contributed by atoms with E-state index in [4.69, 9.17) is 9.41 Å². The Labute approximate surface area is 234 Å². The SMILES string of the molecule is C[C@H]1CN(c2ccncc2NCc2ccc3ccc(Br)cc3n2)C[C@@H](NC(=O)O)[C@@H]1O[Si](C)(C)C(C)(C)C. The molecule has 1 amide bonds. The van der Waals surface area contributed by atoms with Crippen molar-refractivity contribution < 1.29 is 14.3 Å². The van der Waals surface area contributed by atoms with Gasteiger partial charge in [-0.3, -0.25) is 9.97 Å². The Balaban J connectivity index is 1.54. The first-order valence-corrected chi connectivity index (χ1v) is 16.7. The van der Waals surface area contributed by atoms with Gasteiger partial charge in [0.1, 0.15) is 0 Å². The van der Waals surface area contributed by atoms with E-state index in [0.29, 0.717) is 13.1 Å². The Hall–Kier alpha value is -2.69. The monoisotopic (exact) mass is 599 g/mol. The van der Waals surface area contributed by atoms with E-state index in [0.717, 1.165) is 39.0 Å². The summed E-state index contributed by atoms with van der Waals surface area (Å²) >= 11 is 3.52. The second-order valence-electron chi connectivity index (χ2n) is 11.7. The van der Waals surface area contributed by atoms with Crippen molar-refractivity contribution in [1.82, 2.24) is 15.3 Å². The zero-order valence-corrected chi connectivity index (χ0v) is 25.5. The van der Waals surface area contributed by atoms with E-state index in [1.54, 1.807) is 6.20 Å². The van der Waals surface area contributed by atoms with Crippen molar-refractivity contribution in [1.29, 1.82) is 0 Å². The lowest BCUT2D eigenvalue weighted by Gasteiger charge is -2.48. The number of hydrogen-bond donors (Lipinski definition) is 3. The molecule has 38 heavy (non-hydrogen) atoms. The molecular weight excluding hydrogens is 562 g/mol. The predicted molar refractivity (Wildman–Crippen MR) is 159 cm³/mol. The number of aromatic nitrogens is 2. The van der Waals surface area contributed by atoms with Gasteiger partial charge in [-0.15, -0.1) is 0 Å². The highest BCUT2D eigenvalue weighted by Crippen LogP contribution is 2.40. The van der Waals surface area contributed by atoms with Crippen LogP contribution in [-0.4, -0.2) is 54.7 Å². The Bertz CT molecular complexity index is 1300. The minimum Gasteiger partial charge on any atom is -0.465 e. The van der Waals surface area contributed by atoms with Crippen LogP contribution in [0.15, 0.2) is 53.3 Å². The molecule has 0 radical (unpaired) electrons. The lowest BCUT2D eigenvalue weighted by molar-refractivity contribution is 0.0722. The molecule has 3 atom stereocenters. The molecule has 1 fully saturated rings. The lowest BCUT2D eigenvalue weighted by Crippen LogP contribution is -2.62. The van der Waals surface area contributed by atoms with Crippen molar-refractivity contribution in [3.8, 4) is 0 Å². The van der Waals surface area contributed by atoms with Gasteiger partial charge >= 0.3 is 6.09 Å². The highest BCUT2D eigenvalue weighted by Gasteiger charge is 2.45. The average molecular weight is 601 g/mol. The van der Waals surface area contributed by atoms with Crippen LogP contribution < -0.4 is 15.5 Å². The fraction of sp³-hybridized carbons (Fsp3) is 0.464. The Morgan fingerprint density at radius 3 is 2.66 bits per heavy atom. The highest BCUT2D eigenvalue weighted by molar-refractivity contribution is 9.10. The molecule has 4 rings (SSSR count). The molecule has 204 valence electrons. The van der Waals surface area contributed by atoms with E-state index in [2.05, 4.69) is 83.3 Å². The van der Waals surface area contributed by atoms with Gasteiger partial charge in [0.05, 0.1) is 47.5 Å². The summed E-state index contributed by atoms with van der Waals surface area (Å²) in [4.78, 5) is 23.1. The topological polar surface area (TPSA) is 99.6 Å². The zero-order chi connectivity index (χ0) is 27.7. The van der Waals surface area contributed by atoms with Crippen molar-refractivity contribution in [2.24, 2.45) is 5.92 Å². The number of nitrogens with one attached hydrogen (secondary N) is 2. The van der Waals surface area contributed by atoms with Crippen LogP contribution in [0.1, 0.15) is 33.4 Å². The molecule has 10 heteroatoms. The quantitative estimate of drug-likeness (QED) is 0.267. The number of amides is 1. The van der Waals surface area contributed by atoms with Crippen LogP contribution in [0.25, 0.3) is 10.9 Å². The predicted octanol–water partition coefficient (Wildman–Crippen LogP) is 6.49. The first-order chi connectivity index (χ1) is 17.8. The van der Waals surface area contributed by atoms with Crippen LogP contribution >= 0.6 is 15.9 Å². The Morgan fingerprint density at radius 1 is 1.21 bits per heavy atom. The third-order valence-corrected chi connectivity index (χ3v) is 12.7. The molecule has 3 aromatic rings. The lowest BCUT2D eigenvalue weighted by atomic mass is 9.92. The second kappa shape index (κ2) is 11.2. The van der Waals surface area contributed by atoms with Gasteiger partial charge in [0.15, 0.2) is 8.32 Å². The van der Waals surface area contributed by atoms with E-state index in [-0.39, 0.29) is 23.1 Å². The number of benzene rings is 1. The van der Waals surface area contributed by atoms with Crippen LogP contribution in [-0.2, 0) is 11.0 Å². The number of fused-ring (bicyclic) bond motifs is 1. The van der Waals surface area contributed by atoms with Crippen LogP contribution in [0, 0.1) is 5.92 Å². The van der Waals surface area contributed by atoms with E-state index in [9.17, 15) is 9.90 Å². The number of carboxylic acid groups (broad SMARTS) is 1. The molecule has 8 nitrogen and oxygen atoms in total. The number of carbonyl (C=O) groups is 1. The van der Waals surface area contributed by atoms with Gasteiger partial charge in [-0.2, -0.15) is 0 Å². The van der Waals surface area contributed by atoms with Crippen molar-refractivity contribution in [3.63, 3.8) is 0 Å². The third-order valence-electron chi connectivity index (χ3n) is 7.74. The van der Waals surface area contributed by atoms with Crippen molar-refractivity contribution >= 4 is 52.6 Å². The second-order valence-corrected chi connectivity index (χ2v) is 17.3. The number of hydrogen-bond acceptors (Lipinski definition) is 6. The standard InChI is InChI=1S/C28H38BrN5O3Si/c1-18-16-34(17-24(33-27(35)36)26(18)37-38(5,6)28(2,3)4)25-11-12-30-15-23(25)31-14-21-10-8-19-7-9-20(29)13-22(19)32-21/h7-13,15,18,24,26,31,33H,14,16-17H2,1-6H3,(H,35,36)/t18-,24+,26+/m0/s1. The summed E-state index contributed by atoms with van der Waals surface area (Å²) in [6, 6.07) is 11.8. The summed E-state index contributed by atoms with van der Waals surface area (Å²) in [6.07, 6.45) is 2.36. The summed E-state index contributed by atoms with van der Waals surface area (Å²) in [5.74, 6) is 0.122. The molecule has 1 aliphatic rings. The minimum absolute atomic E-state index is 0.0344. The van der Waals surface area contributed by atoms with Crippen molar-refractivity contribution in [3.05, 3.63) is 59.0 Å². The van der Waals surface area contributed by atoms with Crippen LogP contribution in [0.3, 0.4) is 0 Å². The van der Waals surface area contributed by atoms with E-state index >= 15 is 0 Å². The van der Waals surface area contributed by atoms with E-state index < -0.39 is 14.4 Å². The minimum atomic E-state index is -2.10. The number of nitrogens with zero attached hydrogens (tertiary/aromatic N) is 3. The summed E-state index contributed by atoms with van der Waals surface area (Å²) in [5, 5.41) is 17.0. The largest absolute Gasteiger partial charge is 0.465 e. The normalized spacial score (nSPS) is 20.4. The van der Waals surface area contributed by atoms with Gasteiger partial charge in [0.2, 0.25) is 0 Å². The average Bonchev–Trinajstić information content (AvgIpc) is 2.83. The smallest absolute Gasteiger partial charge is 0.405 e. The Kier molecular flexibility index (Phi) is 8.34. The van der Waals surface area contributed by atoms with Gasteiger partial charge in [-0.05, 0) is 42.4 Å². The highest BCUT2D eigenvalue weighted by atomic mass is 79.9. The molecule has 1 aliphatic heterocycles. The van der Waals surface area contributed by atoms with Crippen molar-refractivity contribution in [2.75, 3.05) is 23.3 Å². The number of anilines is 2. The van der Waals surface area contributed by atoms with E-state index in [1.807, 2.05) is 36.5 Å². The molecule has 0 aliphatic carbocycles. The van der Waals surface area contributed by atoms with Gasteiger partial charge in [-0.1, -0.05) is 55.8 Å². The third kappa shape index (κ3) is 6.47. The molecule has 3 heterocycles. The summed E-state index contributed by atoms with van der Waals surface area (Å²) in [7, 11) is -2.10. The molecule has 2 aromatic heterocycles. The maximum Gasteiger partial charge on any atom is 0.405 e. The molecule has 1 saturated heterocycles. The summed E-state index contributed by atoms with van der Waals surface area (Å²) < 4.78 is 7.78. The molecule has 0 unspecified atom stereocenters. The molecule has 1 aromatic carbocycles. The number of rotatable bonds is 7. The van der Waals surface area contributed by atoms with Gasteiger partial charge in [0.25, 0.3) is 0 Å². The molecule has 0 saturated carbocycles. The van der Waals surface area contributed by atoms with Crippen LogP contribution in [0.2, 0.25) is 18.1 Å². The first-order valence-electron chi connectivity index (χ1n) is 13.0. The van der Waals surface area contributed by atoms with Crippen molar-refractivity contribution in [2.45, 2.75) is 64.5 Å². The fourth-order valence-corrected chi connectivity index (χ4v) is 6.46. The Morgan fingerprint density at radius 2 is 1.95 bits per heavy atom. The summed E-state index contributed by atoms with van der Waals surface area (Å²) in [6.45, 7) is 15.0. The molecule has 0 spiro atoms. The van der Waals surface area contributed by atoms with Crippen LogP contribution in [0.4, 0.5) is 16.2 Å². The number of pyridine rings is 2. The van der Waals surface area contributed by atoms with Gasteiger partial charge < -0.3 is 25.1 Å². The molecule has 0 bridgehead atoms. The van der Waals surface area contributed by atoms with Gasteiger partial charge in [0, 0.05) is 35.1 Å². The number of halogens is 1. The molecule has 3 N–H and O–H groups in total. The van der Waals surface area contributed by atoms with Crippen LogP contribution in [0.5, 0.6) is 0 Å². The van der Waals surface area contributed by atoms with E-state index in [1.165, 1.54) is 0 Å². The zero-order valence-electron chi connectivity index (χ0n) is 23.0. The number of piperidine rings is 1. The maximum absolute atomic E-state index is 11.8. The van der Waals surface area contributed by atoms with Gasteiger partial charge in [-0.25, -0.2) is 4.79 Å². The molecular formula is C28H38BrN5O3Si. The fourth-order valence-electron chi connectivity index (χ4n) is 4.68.